The molecule has 0 aliphatic carbocycles. The Morgan fingerprint density at radius 1 is 1.42 bits per heavy atom. The number of benzene rings is 1. The third kappa shape index (κ3) is 3.11. The van der Waals surface area contributed by atoms with E-state index in [1.807, 2.05) is 0 Å². The Morgan fingerprint density at radius 3 is 2.79 bits per heavy atom. The van der Waals surface area contributed by atoms with Crippen LogP contribution >= 0.6 is 11.3 Å². The number of aliphatic carboxylic acids is 1. The van der Waals surface area contributed by atoms with Crippen molar-refractivity contribution >= 4 is 35.9 Å². The van der Waals surface area contributed by atoms with Gasteiger partial charge in [0.2, 0.25) is 0 Å². The molecule has 3 N–H and O–H groups in total. The van der Waals surface area contributed by atoms with Gasteiger partial charge in [0.1, 0.15) is 5.75 Å². The molecule has 2 heterocycles. The summed E-state index contributed by atoms with van der Waals surface area (Å²) in [5.41, 5.74) is 1.66. The SMILES string of the molecule is Cc1cc(Oc2nc(C(=O)O)cs2)cc2c1C(CC(=O)O)OB2O. The van der Waals surface area contributed by atoms with Gasteiger partial charge in [0.25, 0.3) is 5.19 Å². The van der Waals surface area contributed by atoms with Gasteiger partial charge in [-0.25, -0.2) is 4.79 Å². The monoisotopic (exact) mass is 349 g/mol. The maximum absolute atomic E-state index is 10.9. The summed E-state index contributed by atoms with van der Waals surface area (Å²) in [5, 5.41) is 29.3. The largest absolute Gasteiger partial charge is 0.492 e. The van der Waals surface area contributed by atoms with Gasteiger partial charge in [-0.1, -0.05) is 11.3 Å². The van der Waals surface area contributed by atoms with E-state index in [0.29, 0.717) is 22.3 Å². The first-order chi connectivity index (χ1) is 11.3. The summed E-state index contributed by atoms with van der Waals surface area (Å²) in [6, 6.07) is 3.20. The predicted octanol–water partition coefficient (Wildman–Crippen LogP) is 1.18. The van der Waals surface area contributed by atoms with Gasteiger partial charge in [-0.3, -0.25) is 4.79 Å². The summed E-state index contributed by atoms with van der Waals surface area (Å²) < 4.78 is 10.8. The molecule has 0 bridgehead atoms. The van der Waals surface area contributed by atoms with E-state index in [4.69, 9.17) is 19.6 Å². The van der Waals surface area contributed by atoms with Gasteiger partial charge in [-0.15, -0.1) is 0 Å². The van der Waals surface area contributed by atoms with Crippen molar-refractivity contribution in [3.8, 4) is 10.9 Å². The Hall–Kier alpha value is -2.43. The standard InChI is InChI=1S/C14H12BNO7S/c1-6-2-7(22-14-16-9(5-24-14)13(19)20)3-8-12(6)10(4-11(17)18)23-15(8)21/h2-3,5,10,21H,4H2,1H3,(H,17,18)(H,19,20). The molecule has 0 fully saturated rings. The van der Waals surface area contributed by atoms with Gasteiger partial charge < -0.3 is 24.6 Å². The smallest absolute Gasteiger partial charge is 0.481 e. The normalized spacial score (nSPS) is 16.1. The molecule has 1 aliphatic heterocycles. The number of thiazole rings is 1. The van der Waals surface area contributed by atoms with Crippen molar-refractivity contribution in [3.63, 3.8) is 0 Å². The highest BCUT2D eigenvalue weighted by Crippen LogP contribution is 2.33. The Balaban J connectivity index is 1.89. The minimum absolute atomic E-state index is 0.113. The molecule has 8 nitrogen and oxygen atoms in total. The number of aromatic carboxylic acids is 1. The summed E-state index contributed by atoms with van der Waals surface area (Å²) in [4.78, 5) is 25.6. The fourth-order valence-electron chi connectivity index (χ4n) is 2.60. The highest BCUT2D eigenvalue weighted by atomic mass is 32.1. The van der Waals surface area contributed by atoms with Gasteiger partial charge in [0.15, 0.2) is 5.69 Å². The third-order valence-corrected chi connectivity index (χ3v) is 4.26. The molecule has 1 atom stereocenters. The number of hydrogen-bond donors (Lipinski definition) is 3. The van der Waals surface area contributed by atoms with E-state index in [1.165, 1.54) is 11.4 Å². The zero-order valence-corrected chi connectivity index (χ0v) is 13.2. The van der Waals surface area contributed by atoms with E-state index in [2.05, 4.69) is 4.98 Å². The number of nitrogens with zero attached hydrogens (tertiary/aromatic N) is 1. The number of aromatic nitrogens is 1. The molecule has 124 valence electrons. The highest BCUT2D eigenvalue weighted by molar-refractivity contribution is 7.11. The molecule has 0 radical (unpaired) electrons. The summed E-state index contributed by atoms with van der Waals surface area (Å²) in [7, 11) is -1.24. The van der Waals surface area contributed by atoms with Crippen molar-refractivity contribution in [1.29, 1.82) is 0 Å². The molecule has 1 aliphatic rings. The maximum Gasteiger partial charge on any atom is 0.492 e. The molecule has 0 saturated carbocycles. The molecular weight excluding hydrogens is 337 g/mol. The van der Waals surface area contributed by atoms with Crippen LogP contribution < -0.4 is 10.2 Å². The number of fused-ring (bicyclic) bond motifs is 1. The van der Waals surface area contributed by atoms with Crippen LogP contribution in [0.15, 0.2) is 17.5 Å². The Kier molecular flexibility index (Phi) is 4.27. The number of carboxylic acids is 2. The first-order valence-corrected chi connectivity index (χ1v) is 7.79. The van der Waals surface area contributed by atoms with E-state index in [9.17, 15) is 14.6 Å². The molecule has 0 amide bonds. The minimum atomic E-state index is -1.24. The predicted molar refractivity (Wildman–Crippen MR) is 84.0 cm³/mol. The van der Waals surface area contributed by atoms with Gasteiger partial charge >= 0.3 is 19.1 Å². The van der Waals surface area contributed by atoms with Gasteiger partial charge in [-0.05, 0) is 35.6 Å². The second-order valence-corrected chi connectivity index (χ2v) is 6.04. The maximum atomic E-state index is 10.9. The number of carboxylic acid groups (broad SMARTS) is 2. The molecule has 1 aromatic heterocycles. The van der Waals surface area contributed by atoms with Crippen LogP contribution in [-0.4, -0.2) is 39.3 Å². The Labute approximate surface area is 140 Å². The van der Waals surface area contributed by atoms with Crippen molar-refractivity contribution in [1.82, 2.24) is 4.98 Å². The molecule has 0 spiro atoms. The van der Waals surface area contributed by atoms with E-state index in [-0.39, 0.29) is 17.3 Å². The first kappa shape index (κ1) is 16.4. The molecule has 3 rings (SSSR count). The second-order valence-electron chi connectivity index (χ2n) is 5.22. The van der Waals surface area contributed by atoms with E-state index in [1.54, 1.807) is 13.0 Å². The van der Waals surface area contributed by atoms with E-state index < -0.39 is 25.2 Å². The van der Waals surface area contributed by atoms with Crippen molar-refractivity contribution in [2.24, 2.45) is 0 Å². The van der Waals surface area contributed by atoms with Gasteiger partial charge in [0, 0.05) is 5.38 Å². The summed E-state index contributed by atoms with van der Waals surface area (Å²) in [6.45, 7) is 1.76. The van der Waals surface area contributed by atoms with E-state index >= 15 is 0 Å². The minimum Gasteiger partial charge on any atom is -0.481 e. The fourth-order valence-corrected chi connectivity index (χ4v) is 3.26. The lowest BCUT2D eigenvalue weighted by Crippen LogP contribution is -2.28. The molecular formula is C14H12BNO7S. The summed E-state index contributed by atoms with van der Waals surface area (Å²) in [5.74, 6) is -1.81. The van der Waals surface area contributed by atoms with Crippen molar-refractivity contribution in [3.05, 3.63) is 34.3 Å². The molecule has 2 aromatic rings. The number of rotatable bonds is 5. The van der Waals surface area contributed by atoms with Crippen LogP contribution in [0.5, 0.6) is 10.9 Å². The van der Waals surface area contributed by atoms with Crippen molar-refractivity contribution in [2.75, 3.05) is 0 Å². The van der Waals surface area contributed by atoms with Crippen LogP contribution in [0.25, 0.3) is 0 Å². The lowest BCUT2D eigenvalue weighted by atomic mass is 9.77. The lowest BCUT2D eigenvalue weighted by molar-refractivity contribution is -0.138. The number of hydrogen-bond acceptors (Lipinski definition) is 7. The number of aryl methyl sites for hydroxylation is 1. The number of ether oxygens (including phenoxy) is 1. The van der Waals surface area contributed by atoms with Crippen LogP contribution in [0.2, 0.25) is 0 Å². The van der Waals surface area contributed by atoms with Crippen LogP contribution in [0.4, 0.5) is 0 Å². The number of carbonyl (C=O) groups is 2. The van der Waals surface area contributed by atoms with Crippen molar-refractivity contribution < 1.29 is 34.2 Å². The third-order valence-electron chi connectivity index (χ3n) is 3.54. The molecule has 1 aromatic carbocycles. The zero-order chi connectivity index (χ0) is 17.4. The van der Waals surface area contributed by atoms with Crippen LogP contribution in [0, 0.1) is 6.92 Å². The van der Waals surface area contributed by atoms with Crippen LogP contribution in [0.3, 0.4) is 0 Å². The highest BCUT2D eigenvalue weighted by Gasteiger charge is 2.38. The average Bonchev–Trinajstić information content (AvgIpc) is 3.05. The quantitative estimate of drug-likeness (QED) is 0.687. The Morgan fingerprint density at radius 2 is 2.17 bits per heavy atom. The zero-order valence-electron chi connectivity index (χ0n) is 12.4. The average molecular weight is 349 g/mol. The summed E-state index contributed by atoms with van der Waals surface area (Å²) in [6.07, 6.45) is -0.973. The first-order valence-electron chi connectivity index (χ1n) is 6.91. The molecule has 10 heteroatoms. The molecule has 1 unspecified atom stereocenters. The Bertz CT molecular complexity index is 821. The lowest BCUT2D eigenvalue weighted by Gasteiger charge is -2.13. The molecule has 24 heavy (non-hydrogen) atoms. The van der Waals surface area contributed by atoms with Gasteiger partial charge in [-0.2, -0.15) is 4.98 Å². The van der Waals surface area contributed by atoms with E-state index in [0.717, 1.165) is 11.3 Å². The van der Waals surface area contributed by atoms with Gasteiger partial charge in [0.05, 0.1) is 12.5 Å². The summed E-state index contributed by atoms with van der Waals surface area (Å²) >= 11 is 1.04. The second kappa shape index (κ2) is 6.23. The van der Waals surface area contributed by atoms with Crippen LogP contribution in [0.1, 0.15) is 34.1 Å². The van der Waals surface area contributed by atoms with Crippen molar-refractivity contribution in [2.45, 2.75) is 19.4 Å². The molecule has 0 saturated heterocycles. The topological polar surface area (TPSA) is 126 Å². The van der Waals surface area contributed by atoms with Crippen LogP contribution in [-0.2, 0) is 9.45 Å². The fraction of sp³-hybridized carbons (Fsp3) is 0.214.